The van der Waals surface area contributed by atoms with E-state index in [9.17, 15) is 4.79 Å². The summed E-state index contributed by atoms with van der Waals surface area (Å²) in [4.78, 5) is 15.7. The van der Waals surface area contributed by atoms with E-state index in [4.69, 9.17) is 15.2 Å². The van der Waals surface area contributed by atoms with Crippen LogP contribution in [-0.4, -0.2) is 24.7 Å². The van der Waals surface area contributed by atoms with Gasteiger partial charge in [-0.15, -0.1) is 11.3 Å². The lowest BCUT2D eigenvalue weighted by molar-refractivity contribution is 0.0520. The van der Waals surface area contributed by atoms with Crippen LogP contribution in [-0.2, 0) is 4.74 Å². The number of nitrogens with zero attached hydrogens (tertiary/aromatic N) is 1. The molecule has 0 atom stereocenters. The van der Waals surface area contributed by atoms with Gasteiger partial charge in [-0.1, -0.05) is 0 Å². The highest BCUT2D eigenvalue weighted by molar-refractivity contribution is 7.14. The molecule has 0 aliphatic carbocycles. The number of carbonyl (C=O) groups excluding carboxylic acids is 1. The van der Waals surface area contributed by atoms with E-state index in [1.807, 2.05) is 0 Å². The summed E-state index contributed by atoms with van der Waals surface area (Å²) in [6.45, 7) is 2.08. The molecule has 0 unspecified atom stereocenters. The van der Waals surface area contributed by atoms with E-state index in [1.165, 1.54) is 11.3 Å². The molecule has 2 aromatic rings. The van der Waals surface area contributed by atoms with Crippen LogP contribution in [0.5, 0.6) is 5.75 Å². The van der Waals surface area contributed by atoms with Crippen LogP contribution in [0.3, 0.4) is 0 Å². The van der Waals surface area contributed by atoms with E-state index in [-0.39, 0.29) is 5.69 Å². The molecule has 0 aliphatic heterocycles. The first-order valence-corrected chi connectivity index (χ1v) is 6.85. The van der Waals surface area contributed by atoms with E-state index in [0.717, 1.165) is 5.69 Å². The number of rotatable bonds is 5. The average Bonchev–Trinajstić information content (AvgIpc) is 2.89. The van der Waals surface area contributed by atoms with Crippen LogP contribution >= 0.6 is 11.3 Å². The van der Waals surface area contributed by atoms with Gasteiger partial charge in [0.25, 0.3) is 0 Å². The van der Waals surface area contributed by atoms with Gasteiger partial charge in [-0.3, -0.25) is 0 Å². The molecule has 0 fully saturated rings. The van der Waals surface area contributed by atoms with Gasteiger partial charge >= 0.3 is 5.97 Å². The minimum atomic E-state index is -0.430. The smallest absolute Gasteiger partial charge is 0.357 e. The summed E-state index contributed by atoms with van der Waals surface area (Å²) in [5.74, 6) is 0.180. The Balaban J connectivity index is 2.16. The van der Waals surface area contributed by atoms with Gasteiger partial charge in [-0.05, 0) is 19.1 Å². The van der Waals surface area contributed by atoms with Crippen LogP contribution in [0.25, 0.3) is 0 Å². The van der Waals surface area contributed by atoms with Crippen LogP contribution in [0.4, 0.5) is 16.5 Å². The first kappa shape index (κ1) is 14.1. The Labute approximate surface area is 120 Å². The van der Waals surface area contributed by atoms with Gasteiger partial charge in [0.1, 0.15) is 5.75 Å². The first-order valence-electron chi connectivity index (χ1n) is 5.97. The molecule has 1 heterocycles. The minimum Gasteiger partial charge on any atom is -0.494 e. The van der Waals surface area contributed by atoms with Gasteiger partial charge in [0.15, 0.2) is 10.8 Å². The zero-order valence-corrected chi connectivity index (χ0v) is 12.0. The highest BCUT2D eigenvalue weighted by atomic mass is 32.1. The number of nitrogen functional groups attached to an aromatic ring is 1. The second-order valence-corrected chi connectivity index (χ2v) is 4.70. The highest BCUT2D eigenvalue weighted by Crippen LogP contribution is 2.30. The summed E-state index contributed by atoms with van der Waals surface area (Å²) in [5.41, 5.74) is 7.32. The molecule has 1 aromatic heterocycles. The van der Waals surface area contributed by atoms with Crippen molar-refractivity contribution in [3.63, 3.8) is 0 Å². The van der Waals surface area contributed by atoms with Crippen molar-refractivity contribution in [3.05, 3.63) is 29.3 Å². The van der Waals surface area contributed by atoms with Crippen molar-refractivity contribution < 1.29 is 14.3 Å². The van der Waals surface area contributed by atoms with Gasteiger partial charge in [0.2, 0.25) is 0 Å². The zero-order chi connectivity index (χ0) is 14.5. The molecule has 7 heteroatoms. The zero-order valence-electron chi connectivity index (χ0n) is 11.2. The monoisotopic (exact) mass is 293 g/mol. The number of methoxy groups -OCH3 is 1. The molecule has 0 saturated carbocycles. The second-order valence-electron chi connectivity index (χ2n) is 3.84. The number of aromatic nitrogens is 1. The Morgan fingerprint density at radius 3 is 3.00 bits per heavy atom. The molecule has 6 nitrogen and oxygen atoms in total. The fraction of sp³-hybridized carbons (Fsp3) is 0.231. The Bertz CT molecular complexity index is 613. The number of nitrogens with one attached hydrogen (secondary N) is 1. The van der Waals surface area contributed by atoms with E-state index >= 15 is 0 Å². The molecule has 0 saturated heterocycles. The number of benzene rings is 1. The molecule has 0 radical (unpaired) electrons. The third-order valence-electron chi connectivity index (χ3n) is 2.46. The Hall–Kier alpha value is -2.28. The van der Waals surface area contributed by atoms with Crippen molar-refractivity contribution >= 4 is 33.8 Å². The molecule has 3 N–H and O–H groups in total. The summed E-state index contributed by atoms with van der Waals surface area (Å²) in [7, 11) is 1.56. The number of hydrogen-bond donors (Lipinski definition) is 2. The average molecular weight is 293 g/mol. The van der Waals surface area contributed by atoms with Crippen LogP contribution in [0.15, 0.2) is 23.6 Å². The topological polar surface area (TPSA) is 86.5 Å². The lowest BCUT2D eigenvalue weighted by Gasteiger charge is -2.09. The molecule has 106 valence electrons. The standard InChI is InChI=1S/C13H15N3O3S/c1-3-19-12(17)10-7-20-13(16-10)15-9-5-4-8(14)6-11(9)18-2/h4-7H,3,14H2,1-2H3,(H,15,16). The molecular formula is C13H15N3O3S. The highest BCUT2D eigenvalue weighted by Gasteiger charge is 2.12. The van der Waals surface area contributed by atoms with Crippen LogP contribution in [0.2, 0.25) is 0 Å². The lowest BCUT2D eigenvalue weighted by atomic mass is 10.2. The maximum Gasteiger partial charge on any atom is 0.357 e. The molecule has 0 aliphatic rings. The third-order valence-corrected chi connectivity index (χ3v) is 3.21. The maximum absolute atomic E-state index is 11.5. The van der Waals surface area contributed by atoms with Crippen molar-refractivity contribution in [2.75, 3.05) is 24.8 Å². The number of hydrogen-bond acceptors (Lipinski definition) is 7. The SMILES string of the molecule is CCOC(=O)c1csc(Nc2ccc(N)cc2OC)n1. The number of anilines is 3. The lowest BCUT2D eigenvalue weighted by Crippen LogP contribution is -2.05. The molecule has 0 amide bonds. The number of thiazole rings is 1. The summed E-state index contributed by atoms with van der Waals surface area (Å²) < 4.78 is 10.1. The van der Waals surface area contributed by atoms with Crippen molar-refractivity contribution in [2.45, 2.75) is 6.92 Å². The molecule has 0 bridgehead atoms. The molecule has 20 heavy (non-hydrogen) atoms. The third kappa shape index (κ3) is 3.18. The Morgan fingerprint density at radius 1 is 1.50 bits per heavy atom. The Morgan fingerprint density at radius 2 is 2.30 bits per heavy atom. The normalized spacial score (nSPS) is 10.1. The summed E-state index contributed by atoms with van der Waals surface area (Å²) in [5, 5.41) is 5.31. The fourth-order valence-electron chi connectivity index (χ4n) is 1.56. The number of esters is 1. The van der Waals surface area contributed by atoms with Crippen molar-refractivity contribution in [1.82, 2.24) is 4.98 Å². The van der Waals surface area contributed by atoms with Gasteiger partial charge in [-0.25, -0.2) is 9.78 Å². The van der Waals surface area contributed by atoms with Gasteiger partial charge in [0, 0.05) is 17.1 Å². The van der Waals surface area contributed by atoms with E-state index in [0.29, 0.717) is 23.2 Å². The van der Waals surface area contributed by atoms with Crippen LogP contribution < -0.4 is 15.8 Å². The predicted octanol–water partition coefficient (Wildman–Crippen LogP) is 2.65. The summed E-state index contributed by atoms with van der Waals surface area (Å²) in [6, 6.07) is 5.26. The second kappa shape index (κ2) is 6.25. The van der Waals surface area contributed by atoms with Gasteiger partial charge in [-0.2, -0.15) is 0 Å². The molecule has 1 aromatic carbocycles. The summed E-state index contributed by atoms with van der Waals surface area (Å²) >= 11 is 1.31. The molecular weight excluding hydrogens is 278 g/mol. The number of nitrogens with two attached hydrogens (primary N) is 1. The van der Waals surface area contributed by atoms with E-state index in [1.54, 1.807) is 37.6 Å². The van der Waals surface area contributed by atoms with Gasteiger partial charge < -0.3 is 20.5 Å². The largest absolute Gasteiger partial charge is 0.494 e. The maximum atomic E-state index is 11.5. The fourth-order valence-corrected chi connectivity index (χ4v) is 2.25. The van der Waals surface area contributed by atoms with Crippen LogP contribution in [0.1, 0.15) is 17.4 Å². The van der Waals surface area contributed by atoms with E-state index in [2.05, 4.69) is 10.3 Å². The van der Waals surface area contributed by atoms with Crippen molar-refractivity contribution in [3.8, 4) is 5.75 Å². The minimum absolute atomic E-state index is 0.286. The van der Waals surface area contributed by atoms with Crippen molar-refractivity contribution in [2.24, 2.45) is 0 Å². The molecule has 2 rings (SSSR count). The van der Waals surface area contributed by atoms with E-state index < -0.39 is 5.97 Å². The quantitative estimate of drug-likeness (QED) is 0.651. The summed E-state index contributed by atoms with van der Waals surface area (Å²) in [6.07, 6.45) is 0. The van der Waals surface area contributed by atoms with Gasteiger partial charge in [0.05, 0.1) is 19.4 Å². The number of ether oxygens (including phenoxy) is 2. The number of carbonyl (C=O) groups is 1. The van der Waals surface area contributed by atoms with Crippen molar-refractivity contribution in [1.29, 1.82) is 0 Å². The molecule has 0 spiro atoms. The van der Waals surface area contributed by atoms with Crippen LogP contribution in [0, 0.1) is 0 Å². The Kier molecular flexibility index (Phi) is 4.41. The predicted molar refractivity (Wildman–Crippen MR) is 78.8 cm³/mol. The first-order chi connectivity index (χ1) is 9.63.